The first-order chi connectivity index (χ1) is 10.7. The van der Waals surface area contributed by atoms with Crippen molar-refractivity contribution in [3.8, 4) is 0 Å². The molecule has 0 aliphatic carbocycles. The summed E-state index contributed by atoms with van der Waals surface area (Å²) in [4.78, 5) is 23.2. The molecular weight excluding hydrogens is 303 g/mol. The highest BCUT2D eigenvalue weighted by Crippen LogP contribution is 2.15. The molecule has 1 aromatic carbocycles. The number of nitrogens with zero attached hydrogens (tertiary/aromatic N) is 2. The first kappa shape index (κ1) is 14.4. The number of amides is 1. The fourth-order valence-electron chi connectivity index (χ4n) is 1.97. The van der Waals surface area contributed by atoms with Crippen molar-refractivity contribution in [1.29, 1.82) is 0 Å². The zero-order valence-electron chi connectivity index (χ0n) is 11.5. The molecule has 7 heteroatoms. The minimum absolute atomic E-state index is 0.252. The molecule has 22 heavy (non-hydrogen) atoms. The number of thiazole rings is 1. The Morgan fingerprint density at radius 1 is 1.41 bits per heavy atom. The highest BCUT2D eigenvalue weighted by Gasteiger charge is 2.11. The Labute approximate surface area is 130 Å². The number of nitrogens with one attached hydrogen (secondary N) is 2. The lowest BCUT2D eigenvalue weighted by Crippen LogP contribution is -2.23. The van der Waals surface area contributed by atoms with E-state index < -0.39 is 0 Å². The number of carbonyl (C=O) groups excluding carboxylic acids is 1. The lowest BCUT2D eigenvalue weighted by atomic mass is 10.1. The maximum Gasteiger partial charge on any atom is 0.271 e. The monoisotopic (exact) mass is 316 g/mol. The smallest absolute Gasteiger partial charge is 0.271 e. The van der Waals surface area contributed by atoms with Crippen LogP contribution < -0.4 is 5.32 Å². The lowest BCUT2D eigenvalue weighted by molar-refractivity contribution is 0.0945. The van der Waals surface area contributed by atoms with Crippen molar-refractivity contribution in [2.24, 2.45) is 0 Å². The molecule has 0 atom stereocenters. The summed E-state index contributed by atoms with van der Waals surface area (Å²) < 4.78 is 13.1. The van der Waals surface area contributed by atoms with Gasteiger partial charge in [-0.25, -0.2) is 14.4 Å². The first-order valence-electron chi connectivity index (χ1n) is 6.66. The molecule has 3 aromatic rings. The Morgan fingerprint density at radius 3 is 3.09 bits per heavy atom. The van der Waals surface area contributed by atoms with Crippen molar-refractivity contribution in [1.82, 2.24) is 20.3 Å². The quantitative estimate of drug-likeness (QED) is 0.760. The largest absolute Gasteiger partial charge is 0.347 e. The van der Waals surface area contributed by atoms with Crippen LogP contribution in [0.2, 0.25) is 0 Å². The summed E-state index contributed by atoms with van der Waals surface area (Å²) in [5.41, 5.74) is 1.19. The van der Waals surface area contributed by atoms with Gasteiger partial charge in [0.25, 0.3) is 5.91 Å². The highest BCUT2D eigenvalue weighted by atomic mass is 32.1. The van der Waals surface area contributed by atoms with E-state index in [4.69, 9.17) is 0 Å². The predicted molar refractivity (Wildman–Crippen MR) is 81.1 cm³/mol. The Bertz CT molecular complexity index is 769. The predicted octanol–water partition coefficient (Wildman–Crippen LogP) is 2.53. The average molecular weight is 316 g/mol. The van der Waals surface area contributed by atoms with E-state index in [1.165, 1.54) is 23.5 Å². The molecular formula is C15H13FN4OS. The third-order valence-electron chi connectivity index (χ3n) is 3.00. The Kier molecular flexibility index (Phi) is 4.24. The molecule has 3 rings (SSSR count). The van der Waals surface area contributed by atoms with Crippen LogP contribution in [-0.4, -0.2) is 20.9 Å². The van der Waals surface area contributed by atoms with E-state index in [-0.39, 0.29) is 11.7 Å². The van der Waals surface area contributed by atoms with Crippen LogP contribution in [0.1, 0.15) is 26.9 Å². The number of aromatic nitrogens is 3. The van der Waals surface area contributed by atoms with Crippen LogP contribution in [-0.2, 0) is 13.0 Å². The molecule has 112 valence electrons. The van der Waals surface area contributed by atoms with E-state index in [1.807, 2.05) is 6.07 Å². The summed E-state index contributed by atoms with van der Waals surface area (Å²) in [6.07, 6.45) is 3.83. The molecule has 2 heterocycles. The molecule has 0 spiro atoms. The summed E-state index contributed by atoms with van der Waals surface area (Å²) in [5, 5.41) is 5.21. The summed E-state index contributed by atoms with van der Waals surface area (Å²) in [6.45, 7) is 0.322. The van der Waals surface area contributed by atoms with E-state index in [0.29, 0.717) is 24.5 Å². The molecule has 0 saturated heterocycles. The Balaban J connectivity index is 1.61. The van der Waals surface area contributed by atoms with Gasteiger partial charge in [0.2, 0.25) is 0 Å². The van der Waals surface area contributed by atoms with Crippen LogP contribution in [0.15, 0.2) is 42.0 Å². The van der Waals surface area contributed by atoms with Crippen molar-refractivity contribution in [2.75, 3.05) is 0 Å². The van der Waals surface area contributed by atoms with Gasteiger partial charge in [0.05, 0.1) is 11.6 Å². The van der Waals surface area contributed by atoms with Gasteiger partial charge in [-0.3, -0.25) is 4.79 Å². The number of imidazole rings is 1. The molecule has 0 fully saturated rings. The van der Waals surface area contributed by atoms with Gasteiger partial charge < -0.3 is 10.3 Å². The number of rotatable bonds is 5. The summed E-state index contributed by atoms with van der Waals surface area (Å²) in [5.74, 6) is 0.159. The summed E-state index contributed by atoms with van der Waals surface area (Å²) in [6, 6.07) is 6.37. The van der Waals surface area contributed by atoms with Gasteiger partial charge in [-0.15, -0.1) is 11.3 Å². The number of halogens is 1. The third kappa shape index (κ3) is 3.56. The Hall–Kier alpha value is -2.54. The second-order valence-electron chi connectivity index (χ2n) is 4.65. The van der Waals surface area contributed by atoms with E-state index in [0.717, 1.165) is 10.6 Å². The number of hydrogen-bond donors (Lipinski definition) is 2. The van der Waals surface area contributed by atoms with Crippen molar-refractivity contribution >= 4 is 17.2 Å². The van der Waals surface area contributed by atoms with Crippen molar-refractivity contribution < 1.29 is 9.18 Å². The fourth-order valence-corrected chi connectivity index (χ4v) is 2.78. The molecule has 0 unspecified atom stereocenters. The summed E-state index contributed by atoms with van der Waals surface area (Å²) >= 11 is 1.38. The minimum Gasteiger partial charge on any atom is -0.347 e. The second-order valence-corrected chi connectivity index (χ2v) is 5.59. The maximum absolute atomic E-state index is 13.1. The number of benzene rings is 1. The number of carbonyl (C=O) groups is 1. The third-order valence-corrected chi connectivity index (χ3v) is 3.85. The van der Waals surface area contributed by atoms with Gasteiger partial charge in [0.15, 0.2) is 0 Å². The zero-order chi connectivity index (χ0) is 15.4. The maximum atomic E-state index is 13.1. The molecule has 0 aliphatic rings. The van der Waals surface area contributed by atoms with Crippen LogP contribution in [0.3, 0.4) is 0 Å². The normalized spacial score (nSPS) is 10.6. The fraction of sp³-hybridized carbons (Fsp3) is 0.133. The average Bonchev–Trinajstić information content (AvgIpc) is 3.16. The van der Waals surface area contributed by atoms with Gasteiger partial charge in [-0.05, 0) is 17.7 Å². The SMILES string of the molecule is O=C(NCc1ncc[nH]1)c1csc(Cc2cccc(F)c2)n1. The standard InChI is InChI=1S/C15H13FN4OS/c16-11-3-1-2-10(6-11)7-14-20-12(9-22-14)15(21)19-8-13-17-4-5-18-13/h1-6,9H,7-8H2,(H,17,18)(H,19,21). The molecule has 2 N–H and O–H groups in total. The van der Waals surface area contributed by atoms with Gasteiger partial charge in [-0.2, -0.15) is 0 Å². The molecule has 0 aliphatic heterocycles. The van der Waals surface area contributed by atoms with E-state index in [9.17, 15) is 9.18 Å². The van der Waals surface area contributed by atoms with Crippen molar-refractivity contribution in [2.45, 2.75) is 13.0 Å². The van der Waals surface area contributed by atoms with Gasteiger partial charge in [-0.1, -0.05) is 12.1 Å². The molecule has 5 nitrogen and oxygen atoms in total. The molecule has 0 radical (unpaired) electrons. The van der Waals surface area contributed by atoms with Crippen molar-refractivity contribution in [3.05, 3.63) is 69.9 Å². The first-order valence-corrected chi connectivity index (χ1v) is 7.54. The van der Waals surface area contributed by atoms with Gasteiger partial charge in [0.1, 0.15) is 17.3 Å². The zero-order valence-corrected chi connectivity index (χ0v) is 12.4. The van der Waals surface area contributed by atoms with Crippen LogP contribution in [0.4, 0.5) is 4.39 Å². The lowest BCUT2D eigenvalue weighted by Gasteiger charge is -2.00. The van der Waals surface area contributed by atoms with E-state index in [1.54, 1.807) is 23.8 Å². The molecule has 0 bridgehead atoms. The second kappa shape index (κ2) is 6.48. The Morgan fingerprint density at radius 2 is 2.32 bits per heavy atom. The number of hydrogen-bond acceptors (Lipinski definition) is 4. The van der Waals surface area contributed by atoms with E-state index >= 15 is 0 Å². The van der Waals surface area contributed by atoms with Gasteiger partial charge >= 0.3 is 0 Å². The minimum atomic E-state index is -0.273. The highest BCUT2D eigenvalue weighted by molar-refractivity contribution is 7.09. The molecule has 1 amide bonds. The van der Waals surface area contributed by atoms with Crippen LogP contribution in [0.25, 0.3) is 0 Å². The van der Waals surface area contributed by atoms with Crippen molar-refractivity contribution in [3.63, 3.8) is 0 Å². The molecule has 2 aromatic heterocycles. The number of H-pyrrole nitrogens is 1. The molecule has 0 saturated carbocycles. The topological polar surface area (TPSA) is 70.7 Å². The van der Waals surface area contributed by atoms with Gasteiger partial charge in [0, 0.05) is 24.2 Å². The van der Waals surface area contributed by atoms with Crippen LogP contribution in [0, 0.1) is 5.82 Å². The summed E-state index contributed by atoms with van der Waals surface area (Å²) in [7, 11) is 0. The number of aromatic amines is 1. The van der Waals surface area contributed by atoms with Crippen LogP contribution in [0.5, 0.6) is 0 Å². The van der Waals surface area contributed by atoms with E-state index in [2.05, 4.69) is 20.3 Å². The van der Waals surface area contributed by atoms with Crippen LogP contribution >= 0.6 is 11.3 Å².